The Morgan fingerprint density at radius 1 is 1.33 bits per heavy atom. The fourth-order valence-corrected chi connectivity index (χ4v) is 2.46. The molecule has 0 saturated heterocycles. The van der Waals surface area contributed by atoms with Gasteiger partial charge in [0.05, 0.1) is 16.6 Å². The fraction of sp³-hybridized carbons (Fsp3) is 0.462. The highest BCUT2D eigenvalue weighted by molar-refractivity contribution is 5.82. The van der Waals surface area contributed by atoms with Gasteiger partial charge in [-0.25, -0.2) is 0 Å². The van der Waals surface area contributed by atoms with Crippen molar-refractivity contribution in [2.75, 3.05) is 0 Å². The van der Waals surface area contributed by atoms with Crippen LogP contribution in [0, 0.1) is 16.0 Å². The highest BCUT2D eigenvalue weighted by Crippen LogP contribution is 2.35. The van der Waals surface area contributed by atoms with Crippen molar-refractivity contribution in [1.82, 2.24) is 0 Å². The van der Waals surface area contributed by atoms with E-state index in [1.165, 1.54) is 12.1 Å². The van der Waals surface area contributed by atoms with Crippen LogP contribution in [0.2, 0.25) is 0 Å². The summed E-state index contributed by atoms with van der Waals surface area (Å²) in [6, 6.07) is 6.06. The molecule has 0 unspecified atom stereocenters. The zero-order valence-electron chi connectivity index (χ0n) is 9.91. The number of ketones is 1. The lowest BCUT2D eigenvalue weighted by atomic mass is 9.81. The largest absolute Gasteiger partial charge is 0.387 e. The van der Waals surface area contributed by atoms with Crippen molar-refractivity contribution in [2.45, 2.75) is 31.8 Å². The number of hydrogen-bond donors (Lipinski definition) is 1. The molecule has 1 N–H and O–H groups in total. The van der Waals surface area contributed by atoms with E-state index in [-0.39, 0.29) is 17.0 Å². The second kappa shape index (κ2) is 5.27. The summed E-state index contributed by atoms with van der Waals surface area (Å²) >= 11 is 0. The summed E-state index contributed by atoms with van der Waals surface area (Å²) in [7, 11) is 0. The van der Waals surface area contributed by atoms with Gasteiger partial charge in [0.25, 0.3) is 5.69 Å². The minimum Gasteiger partial charge on any atom is -0.387 e. The summed E-state index contributed by atoms with van der Waals surface area (Å²) in [5, 5.41) is 21.1. The molecule has 5 nitrogen and oxygen atoms in total. The van der Waals surface area contributed by atoms with E-state index in [0.717, 1.165) is 12.8 Å². The highest BCUT2D eigenvalue weighted by atomic mass is 16.6. The van der Waals surface area contributed by atoms with Crippen LogP contribution in [0.15, 0.2) is 24.3 Å². The van der Waals surface area contributed by atoms with Gasteiger partial charge in [-0.2, -0.15) is 0 Å². The quantitative estimate of drug-likeness (QED) is 0.658. The van der Waals surface area contributed by atoms with Crippen LogP contribution in [0.25, 0.3) is 0 Å². The lowest BCUT2D eigenvalue weighted by molar-refractivity contribution is -0.386. The summed E-state index contributed by atoms with van der Waals surface area (Å²) in [6.45, 7) is 0. The molecule has 1 aliphatic rings. The molecule has 0 spiro atoms. The van der Waals surface area contributed by atoms with E-state index in [0.29, 0.717) is 12.8 Å². The first-order valence-electron chi connectivity index (χ1n) is 6.05. The average molecular weight is 249 g/mol. The second-order valence-corrected chi connectivity index (χ2v) is 4.58. The maximum Gasteiger partial charge on any atom is 0.275 e. The summed E-state index contributed by atoms with van der Waals surface area (Å²) in [5.41, 5.74) is 0.117. The van der Waals surface area contributed by atoms with E-state index >= 15 is 0 Å². The lowest BCUT2D eigenvalue weighted by Gasteiger charge is -2.25. The molecular weight excluding hydrogens is 234 g/mol. The zero-order valence-corrected chi connectivity index (χ0v) is 9.91. The van der Waals surface area contributed by atoms with Gasteiger partial charge in [-0.05, 0) is 18.9 Å². The van der Waals surface area contributed by atoms with Crippen molar-refractivity contribution in [3.8, 4) is 0 Å². The molecule has 96 valence electrons. The van der Waals surface area contributed by atoms with Gasteiger partial charge in [-0.15, -0.1) is 0 Å². The Balaban J connectivity index is 2.30. The first kappa shape index (κ1) is 12.7. The van der Waals surface area contributed by atoms with Crippen molar-refractivity contribution in [3.05, 3.63) is 39.9 Å². The van der Waals surface area contributed by atoms with Crippen molar-refractivity contribution in [3.63, 3.8) is 0 Å². The molecule has 0 bridgehead atoms. The molecule has 2 rings (SSSR count). The fourth-order valence-electron chi connectivity index (χ4n) is 2.46. The number of carbonyl (C=O) groups is 1. The van der Waals surface area contributed by atoms with Crippen LogP contribution in [-0.4, -0.2) is 15.8 Å². The van der Waals surface area contributed by atoms with E-state index in [2.05, 4.69) is 0 Å². The average Bonchev–Trinajstić information content (AvgIpc) is 2.38. The van der Waals surface area contributed by atoms with Crippen LogP contribution < -0.4 is 0 Å². The van der Waals surface area contributed by atoms with Gasteiger partial charge in [0.2, 0.25) is 0 Å². The van der Waals surface area contributed by atoms with Crippen LogP contribution in [0.4, 0.5) is 5.69 Å². The van der Waals surface area contributed by atoms with Crippen LogP contribution >= 0.6 is 0 Å². The molecule has 0 aromatic heterocycles. The number of benzene rings is 1. The number of aliphatic hydroxyl groups is 1. The van der Waals surface area contributed by atoms with Crippen molar-refractivity contribution < 1.29 is 14.8 Å². The number of nitro groups is 1. The van der Waals surface area contributed by atoms with Crippen molar-refractivity contribution in [1.29, 1.82) is 0 Å². The smallest absolute Gasteiger partial charge is 0.275 e. The molecule has 1 aromatic carbocycles. The number of hydrogen-bond acceptors (Lipinski definition) is 4. The number of rotatable bonds is 3. The molecule has 1 saturated carbocycles. The van der Waals surface area contributed by atoms with Crippen molar-refractivity contribution in [2.24, 2.45) is 5.92 Å². The highest BCUT2D eigenvalue weighted by Gasteiger charge is 2.33. The Hall–Kier alpha value is -1.75. The van der Waals surface area contributed by atoms with Crippen LogP contribution in [-0.2, 0) is 4.79 Å². The Bertz CT molecular complexity index is 472. The third kappa shape index (κ3) is 2.41. The third-order valence-electron chi connectivity index (χ3n) is 3.44. The maximum absolute atomic E-state index is 11.8. The van der Waals surface area contributed by atoms with E-state index in [9.17, 15) is 20.0 Å². The molecule has 18 heavy (non-hydrogen) atoms. The monoisotopic (exact) mass is 249 g/mol. The number of para-hydroxylation sites is 1. The van der Waals surface area contributed by atoms with Gasteiger partial charge in [-0.1, -0.05) is 18.6 Å². The molecule has 0 heterocycles. The van der Waals surface area contributed by atoms with Gasteiger partial charge < -0.3 is 5.11 Å². The predicted molar refractivity (Wildman–Crippen MR) is 65.0 cm³/mol. The van der Waals surface area contributed by atoms with Crippen molar-refractivity contribution >= 4 is 11.5 Å². The summed E-state index contributed by atoms with van der Waals surface area (Å²) in [5.74, 6) is -0.494. The van der Waals surface area contributed by atoms with Gasteiger partial charge in [0.15, 0.2) is 0 Å². The van der Waals surface area contributed by atoms with E-state index in [1.54, 1.807) is 12.1 Å². The SMILES string of the molecule is O=C1CCCC[C@@H]1[C@@H](O)c1ccccc1[N+](=O)[O-]. The summed E-state index contributed by atoms with van der Waals surface area (Å²) < 4.78 is 0. The first-order valence-corrected chi connectivity index (χ1v) is 6.05. The van der Waals surface area contributed by atoms with Gasteiger partial charge in [0, 0.05) is 18.4 Å². The molecule has 1 aliphatic carbocycles. The third-order valence-corrected chi connectivity index (χ3v) is 3.44. The minimum atomic E-state index is -1.07. The molecule has 1 fully saturated rings. The predicted octanol–water partition coefficient (Wildman–Crippen LogP) is 2.39. The molecule has 2 atom stereocenters. The topological polar surface area (TPSA) is 80.4 Å². The Morgan fingerprint density at radius 3 is 2.72 bits per heavy atom. The molecule has 1 aromatic rings. The summed E-state index contributed by atoms with van der Waals surface area (Å²) in [4.78, 5) is 22.1. The second-order valence-electron chi connectivity index (χ2n) is 4.58. The van der Waals surface area contributed by atoms with E-state index in [4.69, 9.17) is 0 Å². The van der Waals surface area contributed by atoms with Crippen LogP contribution in [0.5, 0.6) is 0 Å². The molecule has 0 amide bonds. The van der Waals surface area contributed by atoms with E-state index in [1.807, 2.05) is 0 Å². The minimum absolute atomic E-state index is 0.00639. The Labute approximate surface area is 105 Å². The molecule has 0 radical (unpaired) electrons. The number of aliphatic hydroxyl groups excluding tert-OH is 1. The summed E-state index contributed by atoms with van der Waals surface area (Å²) in [6.07, 6.45) is 1.72. The Kier molecular flexibility index (Phi) is 3.72. The number of nitrogens with zero attached hydrogens (tertiary/aromatic N) is 1. The first-order chi connectivity index (χ1) is 8.61. The molecular formula is C13H15NO4. The number of Topliss-reactive ketones (excluding diaryl/α,β-unsaturated/α-hetero) is 1. The van der Waals surface area contributed by atoms with Crippen LogP contribution in [0.3, 0.4) is 0 Å². The molecule has 5 heteroatoms. The van der Waals surface area contributed by atoms with E-state index < -0.39 is 16.9 Å². The normalized spacial score (nSPS) is 21.6. The molecule has 0 aliphatic heterocycles. The lowest BCUT2D eigenvalue weighted by Crippen LogP contribution is -2.26. The van der Waals surface area contributed by atoms with Gasteiger partial charge in [-0.3, -0.25) is 14.9 Å². The standard InChI is InChI=1S/C13H15NO4/c15-12-8-4-2-6-10(12)13(16)9-5-1-3-7-11(9)14(17)18/h1,3,5,7,10,13,16H,2,4,6,8H2/t10-,13-/m0/s1. The maximum atomic E-state index is 11.8. The number of nitro benzene ring substituents is 1. The number of carbonyl (C=O) groups excluding carboxylic acids is 1. The van der Waals surface area contributed by atoms with Crippen LogP contribution in [0.1, 0.15) is 37.4 Å². The van der Waals surface area contributed by atoms with Gasteiger partial charge >= 0.3 is 0 Å². The zero-order chi connectivity index (χ0) is 13.1. The van der Waals surface area contributed by atoms with Gasteiger partial charge in [0.1, 0.15) is 5.78 Å². The Morgan fingerprint density at radius 2 is 2.06 bits per heavy atom.